The average Bonchev–Trinajstić information content (AvgIpc) is 4.03. The second kappa shape index (κ2) is 12.0. The Hall–Kier alpha value is -5.92. The van der Waals surface area contributed by atoms with Crippen molar-refractivity contribution in [3.63, 3.8) is 0 Å². The summed E-state index contributed by atoms with van der Waals surface area (Å²) in [6, 6.07) is 54.2. The smallest absolute Gasteiger partial charge is 0.333 e. The number of rotatable bonds is 1. The third-order valence-electron chi connectivity index (χ3n) is 14.0. The monoisotopic (exact) mass is 848 g/mol. The number of fused-ring (bicyclic) bond motifs is 18. The van der Waals surface area contributed by atoms with Gasteiger partial charge in [0, 0.05) is 99.5 Å². The summed E-state index contributed by atoms with van der Waals surface area (Å²) >= 11 is 5.81. The van der Waals surface area contributed by atoms with Crippen molar-refractivity contribution in [1.82, 2.24) is 4.57 Å². The van der Waals surface area contributed by atoms with Crippen molar-refractivity contribution in [1.29, 1.82) is 0 Å². The molecule has 296 valence electrons. The zero-order chi connectivity index (χ0) is 41.6. The number of benzene rings is 8. The van der Waals surface area contributed by atoms with Gasteiger partial charge in [0.1, 0.15) is 0 Å². The lowest BCUT2D eigenvalue weighted by atomic mass is 9.43. The van der Waals surface area contributed by atoms with E-state index in [1.165, 1.54) is 133 Å². The minimum absolute atomic E-state index is 0.0145. The van der Waals surface area contributed by atoms with E-state index in [9.17, 15) is 0 Å². The molecule has 0 spiro atoms. The lowest BCUT2D eigenvalue weighted by Gasteiger charge is -2.43. The minimum atomic E-state index is -0.0857. The Balaban J connectivity index is 1.26. The van der Waals surface area contributed by atoms with Crippen LogP contribution in [0, 0.1) is 0 Å². The summed E-state index contributed by atoms with van der Waals surface area (Å²) in [7, 11) is 0. The molecule has 6 heteroatoms. The van der Waals surface area contributed by atoms with Crippen LogP contribution in [0.25, 0.3) is 99.1 Å². The largest absolute Gasteiger partial charge is 0.376 e. The van der Waals surface area contributed by atoms with Gasteiger partial charge in [0.15, 0.2) is 0 Å². The van der Waals surface area contributed by atoms with E-state index in [1.54, 1.807) is 0 Å². The van der Waals surface area contributed by atoms with E-state index in [1.807, 2.05) is 34.0 Å². The summed E-state index contributed by atoms with van der Waals surface area (Å²) < 4.78 is 10.7. The number of nitrogens with zero attached hydrogens (tertiary/aromatic N) is 2. The first-order valence-corrected chi connectivity index (χ1v) is 24.2. The molecule has 62 heavy (non-hydrogen) atoms. The van der Waals surface area contributed by atoms with Gasteiger partial charge in [0.2, 0.25) is 0 Å². The Bertz CT molecular complexity index is 3970. The van der Waals surface area contributed by atoms with Gasteiger partial charge < -0.3 is 9.38 Å². The molecule has 2 aliphatic rings. The fourth-order valence-corrected chi connectivity index (χ4v) is 14.6. The van der Waals surface area contributed by atoms with Crippen LogP contribution in [0.3, 0.4) is 0 Å². The second-order valence-corrected chi connectivity index (χ2v) is 22.9. The molecule has 0 amide bonds. The highest BCUT2D eigenvalue weighted by atomic mass is 32.1. The first-order chi connectivity index (χ1) is 30.0. The zero-order valence-corrected chi connectivity index (χ0v) is 37.9. The number of thiophene rings is 3. The number of hydrogen-bond donors (Lipinski definition) is 0. The van der Waals surface area contributed by atoms with E-state index in [4.69, 9.17) is 0 Å². The van der Waals surface area contributed by atoms with Crippen LogP contribution in [-0.4, -0.2) is 11.4 Å². The average molecular weight is 849 g/mol. The Kier molecular flexibility index (Phi) is 6.88. The van der Waals surface area contributed by atoms with Gasteiger partial charge in [0.25, 0.3) is 0 Å². The van der Waals surface area contributed by atoms with Gasteiger partial charge in [-0.2, -0.15) is 0 Å². The van der Waals surface area contributed by atoms with Crippen LogP contribution in [0.5, 0.6) is 0 Å². The van der Waals surface area contributed by atoms with Crippen LogP contribution in [0.1, 0.15) is 52.7 Å². The lowest BCUT2D eigenvalue weighted by Crippen LogP contribution is -2.60. The van der Waals surface area contributed by atoms with Crippen molar-refractivity contribution in [2.24, 2.45) is 0 Å². The fourth-order valence-electron chi connectivity index (χ4n) is 11.2. The fraction of sp³-hybridized carbons (Fsp3) is 0.143. The molecule has 0 unspecified atom stereocenters. The molecule has 0 fully saturated rings. The van der Waals surface area contributed by atoms with Crippen LogP contribution in [0.2, 0.25) is 0 Å². The molecular weight excluding hydrogens is 808 g/mol. The summed E-state index contributed by atoms with van der Waals surface area (Å²) in [4.78, 5) is 2.79. The molecule has 0 saturated carbocycles. The molecule has 0 bridgehead atoms. The standard InChI is InChI=1S/C56H41BN2S3/c1-55(2,3)30-22-23-39-35(26-30)36-27-31(56(4,5)6)28-38-53(36)58(39)42-29-37-32-14-7-10-18-43(32)62-54(37)51-50-41(24-25-47-49(50)34-16-9-12-20-45(34)61-47)59(57(38)52(42)51)40-17-13-21-46-48(40)33-15-8-11-19-44(33)60-46/h7-29H,1-6H3. The third kappa shape index (κ3) is 4.55. The highest BCUT2D eigenvalue weighted by molar-refractivity contribution is 7.27. The van der Waals surface area contributed by atoms with Crippen molar-refractivity contribution < 1.29 is 0 Å². The van der Waals surface area contributed by atoms with E-state index in [0.29, 0.717) is 0 Å². The zero-order valence-electron chi connectivity index (χ0n) is 35.5. The molecular formula is C56H41BN2S3. The molecule has 0 atom stereocenters. The Morgan fingerprint density at radius 2 is 1.06 bits per heavy atom. The molecule has 2 aliphatic heterocycles. The van der Waals surface area contributed by atoms with E-state index >= 15 is 0 Å². The molecule has 0 aliphatic carbocycles. The minimum Gasteiger partial charge on any atom is -0.376 e. The van der Waals surface area contributed by atoms with E-state index in [2.05, 4.69) is 190 Å². The van der Waals surface area contributed by atoms with Gasteiger partial charge in [-0.3, -0.25) is 0 Å². The summed E-state index contributed by atoms with van der Waals surface area (Å²) in [5.41, 5.74) is 14.7. The Morgan fingerprint density at radius 3 is 1.79 bits per heavy atom. The third-order valence-corrected chi connectivity index (χ3v) is 17.5. The van der Waals surface area contributed by atoms with Crippen molar-refractivity contribution in [3.05, 3.63) is 151 Å². The predicted molar refractivity (Wildman–Crippen MR) is 276 cm³/mol. The van der Waals surface area contributed by atoms with Crippen molar-refractivity contribution in [2.45, 2.75) is 52.4 Å². The van der Waals surface area contributed by atoms with Crippen molar-refractivity contribution in [2.75, 3.05) is 4.81 Å². The van der Waals surface area contributed by atoms with Crippen LogP contribution < -0.4 is 15.7 Å². The van der Waals surface area contributed by atoms with E-state index < -0.39 is 0 Å². The van der Waals surface area contributed by atoms with Gasteiger partial charge in [-0.1, -0.05) is 114 Å². The number of hydrogen-bond acceptors (Lipinski definition) is 4. The van der Waals surface area contributed by atoms with Crippen LogP contribution in [0.15, 0.2) is 140 Å². The SMILES string of the molecule is CC(C)(C)c1ccc2c(c1)c1cc(C(C)(C)C)cc3c1n2-c1cc2c(sc4ccccc42)c2c1B3N(c1cccc3sc4ccccc4c13)c1ccc3sc4ccccc4c3c1-2. The molecule has 0 saturated heterocycles. The van der Waals surface area contributed by atoms with Gasteiger partial charge in [0.05, 0.1) is 11.0 Å². The van der Waals surface area contributed by atoms with E-state index in [0.717, 1.165) is 0 Å². The maximum atomic E-state index is 2.79. The molecule has 0 N–H and O–H groups in total. The van der Waals surface area contributed by atoms with E-state index in [-0.39, 0.29) is 17.7 Å². The van der Waals surface area contributed by atoms with Crippen LogP contribution in [-0.2, 0) is 10.8 Å². The van der Waals surface area contributed by atoms with Crippen LogP contribution in [0.4, 0.5) is 11.4 Å². The Labute approximate surface area is 372 Å². The number of anilines is 2. The maximum absolute atomic E-state index is 2.79. The predicted octanol–water partition coefficient (Wildman–Crippen LogP) is 15.7. The molecule has 4 aromatic heterocycles. The lowest BCUT2D eigenvalue weighted by molar-refractivity contribution is 0.590. The maximum Gasteiger partial charge on any atom is 0.333 e. The summed E-state index contributed by atoms with van der Waals surface area (Å²) in [6.45, 7) is 14.1. The quantitative estimate of drug-likeness (QED) is 0.149. The van der Waals surface area contributed by atoms with Crippen molar-refractivity contribution in [3.8, 4) is 16.8 Å². The Morgan fingerprint density at radius 1 is 0.435 bits per heavy atom. The highest BCUT2D eigenvalue weighted by Crippen LogP contribution is 2.55. The van der Waals surface area contributed by atoms with Gasteiger partial charge >= 0.3 is 6.85 Å². The van der Waals surface area contributed by atoms with Gasteiger partial charge in [-0.05, 0) is 99.6 Å². The molecule has 12 aromatic rings. The normalized spacial score (nSPS) is 13.9. The number of aromatic nitrogens is 1. The molecule has 8 aromatic carbocycles. The van der Waals surface area contributed by atoms with Gasteiger partial charge in [-0.15, -0.1) is 34.0 Å². The summed E-state index contributed by atoms with van der Waals surface area (Å²) in [5, 5.41) is 10.7. The molecule has 0 radical (unpaired) electrons. The van der Waals surface area contributed by atoms with Crippen LogP contribution >= 0.6 is 34.0 Å². The molecule has 6 heterocycles. The second-order valence-electron chi connectivity index (χ2n) is 19.6. The molecule has 2 nitrogen and oxygen atoms in total. The summed E-state index contributed by atoms with van der Waals surface area (Å²) in [5.74, 6) is 0. The topological polar surface area (TPSA) is 8.17 Å². The molecule has 14 rings (SSSR count). The highest BCUT2D eigenvalue weighted by Gasteiger charge is 2.47. The first kappa shape index (κ1) is 35.7. The van der Waals surface area contributed by atoms with Gasteiger partial charge in [-0.25, -0.2) is 0 Å². The van der Waals surface area contributed by atoms with Crippen molar-refractivity contribution >= 4 is 145 Å². The first-order valence-electron chi connectivity index (χ1n) is 21.8. The summed E-state index contributed by atoms with van der Waals surface area (Å²) in [6.07, 6.45) is 0.